The molecular weight excluding hydrogens is 424 g/mol. The molecular formula is C25H28N2O4S. The molecule has 0 amide bonds. The molecule has 3 aromatic rings. The summed E-state index contributed by atoms with van der Waals surface area (Å²) in [6.45, 7) is 1.14. The summed E-state index contributed by atoms with van der Waals surface area (Å²) in [4.78, 5) is 2.08. The van der Waals surface area contributed by atoms with Crippen molar-refractivity contribution in [1.82, 2.24) is 4.90 Å². The second-order valence-corrected chi connectivity index (χ2v) is 7.40. The smallest absolute Gasteiger partial charge is 0.174 e. The number of para-hydroxylation sites is 1. The lowest BCUT2D eigenvalue weighted by atomic mass is 10.1. The molecule has 7 heteroatoms. The van der Waals surface area contributed by atoms with Gasteiger partial charge in [0, 0.05) is 24.3 Å². The molecule has 3 aromatic carbocycles. The highest BCUT2D eigenvalue weighted by atomic mass is 32.1. The van der Waals surface area contributed by atoms with Crippen LogP contribution >= 0.6 is 12.2 Å². The van der Waals surface area contributed by atoms with E-state index in [9.17, 15) is 0 Å². The number of anilines is 1. The Morgan fingerprint density at radius 1 is 0.750 bits per heavy atom. The summed E-state index contributed by atoms with van der Waals surface area (Å²) in [6.07, 6.45) is 0. The van der Waals surface area contributed by atoms with E-state index in [1.54, 1.807) is 28.4 Å². The van der Waals surface area contributed by atoms with Gasteiger partial charge >= 0.3 is 0 Å². The Hall–Kier alpha value is -3.45. The van der Waals surface area contributed by atoms with Crippen molar-refractivity contribution in [2.45, 2.75) is 13.1 Å². The van der Waals surface area contributed by atoms with Gasteiger partial charge in [-0.3, -0.25) is 0 Å². The standard InChI is InChI=1S/C25H28N2O4S/c1-28-21-12-8-18(9-13-21)16-27(17-19-6-5-7-23(30-3)24(19)31-4)25(32)26-20-10-14-22(29-2)15-11-20/h5-15H,16-17H2,1-4H3,(H,26,32). The van der Waals surface area contributed by atoms with E-state index in [1.165, 1.54) is 0 Å². The van der Waals surface area contributed by atoms with E-state index >= 15 is 0 Å². The summed E-state index contributed by atoms with van der Waals surface area (Å²) in [5.41, 5.74) is 2.96. The molecule has 6 nitrogen and oxygen atoms in total. The number of nitrogens with zero attached hydrogens (tertiary/aromatic N) is 1. The first-order valence-electron chi connectivity index (χ1n) is 10.1. The third-order valence-electron chi connectivity index (χ3n) is 5.01. The summed E-state index contributed by atoms with van der Waals surface area (Å²) in [6, 6.07) is 21.4. The zero-order valence-corrected chi connectivity index (χ0v) is 19.6. The van der Waals surface area contributed by atoms with Gasteiger partial charge in [0.1, 0.15) is 11.5 Å². The minimum atomic E-state index is 0.536. The Morgan fingerprint density at radius 3 is 1.94 bits per heavy atom. The molecule has 0 aliphatic heterocycles. The molecule has 1 N–H and O–H groups in total. The lowest BCUT2D eigenvalue weighted by Crippen LogP contribution is -2.34. The molecule has 0 aliphatic carbocycles. The van der Waals surface area contributed by atoms with Gasteiger partial charge in [-0.2, -0.15) is 0 Å². The van der Waals surface area contributed by atoms with Crippen LogP contribution < -0.4 is 24.3 Å². The predicted octanol–water partition coefficient (Wildman–Crippen LogP) is 5.12. The fourth-order valence-electron chi connectivity index (χ4n) is 3.31. The zero-order valence-electron chi connectivity index (χ0n) is 18.8. The van der Waals surface area contributed by atoms with E-state index in [0.717, 1.165) is 28.3 Å². The number of hydrogen-bond acceptors (Lipinski definition) is 5. The van der Waals surface area contributed by atoms with E-state index in [2.05, 4.69) is 10.2 Å². The van der Waals surface area contributed by atoms with Gasteiger partial charge in [0.15, 0.2) is 16.6 Å². The third-order valence-corrected chi connectivity index (χ3v) is 5.37. The first-order valence-corrected chi connectivity index (χ1v) is 10.5. The summed E-state index contributed by atoms with van der Waals surface area (Å²) >= 11 is 5.79. The first-order chi connectivity index (χ1) is 15.6. The highest BCUT2D eigenvalue weighted by Gasteiger charge is 2.17. The fraction of sp³-hybridized carbons (Fsp3) is 0.240. The summed E-state index contributed by atoms with van der Waals surface area (Å²) in [7, 11) is 6.57. The van der Waals surface area contributed by atoms with Crippen LogP contribution in [0.5, 0.6) is 23.0 Å². The number of thiocarbonyl (C=S) groups is 1. The molecule has 0 heterocycles. The Kier molecular flexibility index (Phi) is 8.16. The molecule has 0 bridgehead atoms. The maximum Gasteiger partial charge on any atom is 0.174 e. The van der Waals surface area contributed by atoms with Crippen LogP contribution in [0.4, 0.5) is 5.69 Å². The van der Waals surface area contributed by atoms with E-state index < -0.39 is 0 Å². The lowest BCUT2D eigenvalue weighted by Gasteiger charge is -2.27. The number of ether oxygens (including phenoxy) is 4. The molecule has 0 saturated heterocycles. The monoisotopic (exact) mass is 452 g/mol. The Morgan fingerprint density at radius 2 is 1.38 bits per heavy atom. The van der Waals surface area contributed by atoms with Crippen LogP contribution in [0, 0.1) is 0 Å². The predicted molar refractivity (Wildman–Crippen MR) is 131 cm³/mol. The zero-order chi connectivity index (χ0) is 22.9. The molecule has 0 aliphatic rings. The van der Waals surface area contributed by atoms with Gasteiger partial charge in [-0.25, -0.2) is 0 Å². The van der Waals surface area contributed by atoms with Crippen LogP contribution in [0.25, 0.3) is 0 Å². The van der Waals surface area contributed by atoms with Crippen molar-refractivity contribution in [3.63, 3.8) is 0 Å². The van der Waals surface area contributed by atoms with Gasteiger partial charge in [0.05, 0.1) is 28.4 Å². The molecule has 0 atom stereocenters. The quantitative estimate of drug-likeness (QED) is 0.452. The number of nitrogens with one attached hydrogen (secondary N) is 1. The van der Waals surface area contributed by atoms with Crippen molar-refractivity contribution < 1.29 is 18.9 Å². The maximum absolute atomic E-state index is 5.79. The topological polar surface area (TPSA) is 52.2 Å². The van der Waals surface area contributed by atoms with Crippen molar-refractivity contribution in [1.29, 1.82) is 0 Å². The number of benzene rings is 3. The second-order valence-electron chi connectivity index (χ2n) is 7.02. The van der Waals surface area contributed by atoms with Crippen molar-refractivity contribution in [3.8, 4) is 23.0 Å². The molecule has 32 heavy (non-hydrogen) atoms. The maximum atomic E-state index is 5.79. The van der Waals surface area contributed by atoms with Crippen LogP contribution in [0.15, 0.2) is 66.7 Å². The van der Waals surface area contributed by atoms with Crippen LogP contribution in [-0.2, 0) is 13.1 Å². The van der Waals surface area contributed by atoms with Crippen molar-refractivity contribution in [2.24, 2.45) is 0 Å². The molecule has 0 spiro atoms. The van der Waals surface area contributed by atoms with E-state index in [1.807, 2.05) is 66.7 Å². The molecule has 0 aromatic heterocycles. The van der Waals surface area contributed by atoms with E-state index in [0.29, 0.717) is 29.7 Å². The normalized spacial score (nSPS) is 10.2. The number of rotatable bonds is 9. The molecule has 3 rings (SSSR count). The van der Waals surface area contributed by atoms with Gasteiger partial charge in [-0.15, -0.1) is 0 Å². The van der Waals surface area contributed by atoms with Crippen LogP contribution in [0.3, 0.4) is 0 Å². The fourth-order valence-corrected chi connectivity index (χ4v) is 3.56. The first kappa shape index (κ1) is 23.2. The highest BCUT2D eigenvalue weighted by molar-refractivity contribution is 7.80. The average Bonchev–Trinajstić information content (AvgIpc) is 2.84. The van der Waals surface area contributed by atoms with E-state index in [-0.39, 0.29) is 0 Å². The molecule has 0 fully saturated rings. The lowest BCUT2D eigenvalue weighted by molar-refractivity contribution is 0.341. The van der Waals surface area contributed by atoms with Gasteiger partial charge in [-0.1, -0.05) is 24.3 Å². The van der Waals surface area contributed by atoms with Crippen LogP contribution in [-0.4, -0.2) is 38.5 Å². The van der Waals surface area contributed by atoms with Crippen molar-refractivity contribution in [2.75, 3.05) is 33.8 Å². The van der Waals surface area contributed by atoms with Gasteiger partial charge in [-0.05, 0) is 60.2 Å². The largest absolute Gasteiger partial charge is 0.497 e. The Labute approximate surface area is 194 Å². The van der Waals surface area contributed by atoms with E-state index in [4.69, 9.17) is 31.2 Å². The molecule has 168 valence electrons. The summed E-state index contributed by atoms with van der Waals surface area (Å²) in [5, 5.41) is 3.92. The Bertz CT molecular complexity index is 1020. The van der Waals surface area contributed by atoms with Gasteiger partial charge in [0.2, 0.25) is 0 Å². The molecule has 0 saturated carbocycles. The van der Waals surface area contributed by atoms with Gasteiger partial charge in [0.25, 0.3) is 0 Å². The van der Waals surface area contributed by atoms with Crippen LogP contribution in [0.2, 0.25) is 0 Å². The molecule has 0 radical (unpaired) electrons. The summed E-state index contributed by atoms with van der Waals surface area (Å²) in [5.74, 6) is 2.98. The average molecular weight is 453 g/mol. The van der Waals surface area contributed by atoms with Crippen LogP contribution in [0.1, 0.15) is 11.1 Å². The Balaban J connectivity index is 1.86. The van der Waals surface area contributed by atoms with Crippen molar-refractivity contribution >= 4 is 23.0 Å². The molecule has 0 unspecified atom stereocenters. The van der Waals surface area contributed by atoms with Crippen molar-refractivity contribution in [3.05, 3.63) is 77.9 Å². The second kappa shape index (κ2) is 11.2. The SMILES string of the molecule is COc1ccc(CN(Cc2cccc(OC)c2OC)C(=S)Nc2ccc(OC)cc2)cc1. The number of methoxy groups -OCH3 is 4. The number of hydrogen-bond donors (Lipinski definition) is 1. The third kappa shape index (κ3) is 5.82. The summed E-state index contributed by atoms with van der Waals surface area (Å²) < 4.78 is 21.6. The van der Waals surface area contributed by atoms with Gasteiger partial charge < -0.3 is 29.2 Å². The minimum Gasteiger partial charge on any atom is -0.497 e. The minimum absolute atomic E-state index is 0.536. The highest BCUT2D eigenvalue weighted by Crippen LogP contribution is 2.32.